The van der Waals surface area contributed by atoms with Crippen molar-refractivity contribution in [2.24, 2.45) is 0 Å². The lowest BCUT2D eigenvalue weighted by molar-refractivity contribution is -0.112. The molecule has 0 aliphatic heterocycles. The molecule has 4 aromatic rings. The van der Waals surface area contributed by atoms with E-state index in [-0.39, 0.29) is 5.57 Å². The summed E-state index contributed by atoms with van der Waals surface area (Å²) >= 11 is 1.30. The molecule has 0 aliphatic rings. The molecule has 0 atom stereocenters. The van der Waals surface area contributed by atoms with E-state index in [0.717, 1.165) is 29.0 Å². The molecular formula is C31H27N3O4S. The molecule has 0 unspecified atom stereocenters. The molecule has 0 saturated carbocycles. The molecule has 8 heteroatoms. The highest BCUT2D eigenvalue weighted by atomic mass is 32.1. The summed E-state index contributed by atoms with van der Waals surface area (Å²) in [7, 11) is 1.53. The number of para-hydroxylation sites is 1. The minimum Gasteiger partial charge on any atom is -0.493 e. The third kappa shape index (κ3) is 7.34. The summed E-state index contributed by atoms with van der Waals surface area (Å²) in [6.45, 7) is 4.43. The topological polar surface area (TPSA) is 93.5 Å². The number of anilines is 1. The third-order valence-electron chi connectivity index (χ3n) is 5.59. The number of nitrogens with zero attached hydrogens (tertiary/aromatic N) is 2. The zero-order valence-electron chi connectivity index (χ0n) is 21.4. The number of rotatable bonds is 12. The second-order valence-corrected chi connectivity index (χ2v) is 9.09. The third-order valence-corrected chi connectivity index (χ3v) is 6.35. The van der Waals surface area contributed by atoms with E-state index < -0.39 is 5.91 Å². The summed E-state index contributed by atoms with van der Waals surface area (Å²) in [5.74, 6) is 1.25. The Morgan fingerprint density at radius 3 is 2.51 bits per heavy atom. The second-order valence-electron chi connectivity index (χ2n) is 8.24. The minimum absolute atomic E-state index is 0.0613. The maximum atomic E-state index is 12.8. The first kappa shape index (κ1) is 27.2. The van der Waals surface area contributed by atoms with Crippen LogP contribution in [0.4, 0.5) is 5.13 Å². The Bertz CT molecular complexity index is 1510. The zero-order valence-corrected chi connectivity index (χ0v) is 22.2. The van der Waals surface area contributed by atoms with E-state index in [9.17, 15) is 10.1 Å². The molecule has 3 aromatic carbocycles. The predicted molar refractivity (Wildman–Crippen MR) is 154 cm³/mol. The van der Waals surface area contributed by atoms with Gasteiger partial charge in [-0.05, 0) is 41.8 Å². The number of nitrogens with one attached hydrogen (secondary N) is 1. The van der Waals surface area contributed by atoms with E-state index in [1.54, 1.807) is 18.2 Å². The molecule has 7 nitrogen and oxygen atoms in total. The van der Waals surface area contributed by atoms with Gasteiger partial charge in [-0.2, -0.15) is 5.26 Å². The van der Waals surface area contributed by atoms with Crippen LogP contribution in [-0.4, -0.2) is 31.2 Å². The molecule has 1 aromatic heterocycles. The number of aromatic nitrogens is 1. The van der Waals surface area contributed by atoms with Crippen molar-refractivity contribution in [1.82, 2.24) is 4.98 Å². The van der Waals surface area contributed by atoms with Crippen molar-refractivity contribution in [2.75, 3.05) is 25.6 Å². The van der Waals surface area contributed by atoms with Gasteiger partial charge in [-0.25, -0.2) is 4.98 Å². The van der Waals surface area contributed by atoms with E-state index in [0.29, 0.717) is 35.4 Å². The number of allylic oxidation sites excluding steroid dienone is 1. The maximum absolute atomic E-state index is 12.8. The lowest BCUT2D eigenvalue weighted by Gasteiger charge is -2.13. The van der Waals surface area contributed by atoms with Gasteiger partial charge in [0.1, 0.15) is 30.6 Å². The summed E-state index contributed by atoms with van der Waals surface area (Å²) in [6, 6.07) is 24.6. The highest BCUT2D eigenvalue weighted by Gasteiger charge is 2.14. The van der Waals surface area contributed by atoms with Crippen molar-refractivity contribution in [3.05, 3.63) is 108 Å². The average molecular weight is 538 g/mol. The van der Waals surface area contributed by atoms with Crippen molar-refractivity contribution >= 4 is 28.5 Å². The molecule has 1 N–H and O–H groups in total. The quantitative estimate of drug-likeness (QED) is 0.0953. The second kappa shape index (κ2) is 13.6. The van der Waals surface area contributed by atoms with Crippen LogP contribution in [0.3, 0.4) is 0 Å². The van der Waals surface area contributed by atoms with Gasteiger partial charge in [-0.15, -0.1) is 17.9 Å². The van der Waals surface area contributed by atoms with Crippen molar-refractivity contribution in [3.8, 4) is 34.6 Å². The summed E-state index contributed by atoms with van der Waals surface area (Å²) in [5, 5.41) is 14.6. The van der Waals surface area contributed by atoms with Crippen LogP contribution in [0.25, 0.3) is 17.3 Å². The molecule has 196 valence electrons. The predicted octanol–water partition coefficient (Wildman–Crippen LogP) is 6.55. The van der Waals surface area contributed by atoms with E-state index in [4.69, 9.17) is 14.2 Å². The summed E-state index contributed by atoms with van der Waals surface area (Å²) in [5.41, 5.74) is 3.32. The normalized spacial score (nSPS) is 10.8. The Labute approximate surface area is 231 Å². The van der Waals surface area contributed by atoms with Crippen molar-refractivity contribution in [3.63, 3.8) is 0 Å². The number of ether oxygens (including phenoxy) is 3. The van der Waals surface area contributed by atoms with E-state index in [2.05, 4.69) is 16.9 Å². The molecule has 1 heterocycles. The van der Waals surface area contributed by atoms with Gasteiger partial charge < -0.3 is 14.2 Å². The zero-order chi connectivity index (χ0) is 27.5. The first-order chi connectivity index (χ1) is 19.1. The van der Waals surface area contributed by atoms with Crippen LogP contribution in [0.15, 0.2) is 96.4 Å². The Balaban J connectivity index is 1.37. The molecule has 1 amide bonds. The van der Waals surface area contributed by atoms with Crippen LogP contribution < -0.4 is 19.5 Å². The number of methoxy groups -OCH3 is 1. The summed E-state index contributed by atoms with van der Waals surface area (Å²) in [6.07, 6.45) is 4.05. The lowest BCUT2D eigenvalue weighted by Crippen LogP contribution is -2.13. The van der Waals surface area contributed by atoms with Crippen molar-refractivity contribution in [1.29, 1.82) is 5.26 Å². The van der Waals surface area contributed by atoms with Gasteiger partial charge in [0.25, 0.3) is 5.91 Å². The fourth-order valence-electron chi connectivity index (χ4n) is 3.72. The first-order valence-electron chi connectivity index (χ1n) is 12.2. The van der Waals surface area contributed by atoms with Gasteiger partial charge in [-0.3, -0.25) is 10.1 Å². The molecular weight excluding hydrogens is 510 g/mol. The number of benzene rings is 3. The average Bonchev–Trinajstić information content (AvgIpc) is 3.44. The largest absolute Gasteiger partial charge is 0.493 e. The number of carbonyl (C=O) groups is 1. The summed E-state index contributed by atoms with van der Waals surface area (Å²) in [4.78, 5) is 17.2. The highest BCUT2D eigenvalue weighted by Crippen LogP contribution is 2.30. The van der Waals surface area contributed by atoms with Crippen LogP contribution in [0.2, 0.25) is 0 Å². The van der Waals surface area contributed by atoms with Crippen LogP contribution in [0, 0.1) is 11.3 Å². The molecule has 0 radical (unpaired) electrons. The van der Waals surface area contributed by atoms with Gasteiger partial charge in [0, 0.05) is 10.9 Å². The fraction of sp³-hybridized carbons (Fsp3) is 0.129. The molecule has 0 saturated heterocycles. The molecule has 0 bridgehead atoms. The van der Waals surface area contributed by atoms with Crippen LogP contribution in [-0.2, 0) is 11.2 Å². The lowest BCUT2D eigenvalue weighted by atomic mass is 10.1. The van der Waals surface area contributed by atoms with Crippen molar-refractivity contribution in [2.45, 2.75) is 6.42 Å². The molecule has 0 fully saturated rings. The number of hydrogen-bond acceptors (Lipinski definition) is 7. The Morgan fingerprint density at radius 2 is 1.77 bits per heavy atom. The summed E-state index contributed by atoms with van der Waals surface area (Å²) < 4.78 is 17.2. The molecule has 4 rings (SSSR count). The molecule has 0 aliphatic carbocycles. The van der Waals surface area contributed by atoms with E-state index in [1.165, 1.54) is 24.5 Å². The number of carbonyl (C=O) groups excluding carboxylic acids is 1. The van der Waals surface area contributed by atoms with Crippen LogP contribution in [0.1, 0.15) is 11.1 Å². The SMILES string of the molecule is C=CCc1ccccc1OCCOc1ccc(/C=C(/C#N)C(=O)Nc2nc(-c3ccccc3)cs2)cc1OC. The van der Waals surface area contributed by atoms with Crippen LogP contribution in [0.5, 0.6) is 17.2 Å². The van der Waals surface area contributed by atoms with Gasteiger partial charge in [-0.1, -0.05) is 60.7 Å². The Morgan fingerprint density at radius 1 is 1.03 bits per heavy atom. The first-order valence-corrected chi connectivity index (χ1v) is 13.1. The Hall–Kier alpha value is -4.87. The monoisotopic (exact) mass is 537 g/mol. The number of nitriles is 1. The van der Waals surface area contributed by atoms with E-state index in [1.807, 2.05) is 72.1 Å². The van der Waals surface area contributed by atoms with Crippen LogP contribution >= 0.6 is 11.3 Å². The number of thiazole rings is 1. The molecule has 39 heavy (non-hydrogen) atoms. The van der Waals surface area contributed by atoms with E-state index >= 15 is 0 Å². The fourth-order valence-corrected chi connectivity index (χ4v) is 4.43. The van der Waals surface area contributed by atoms with Gasteiger partial charge >= 0.3 is 0 Å². The smallest absolute Gasteiger partial charge is 0.268 e. The molecule has 0 spiro atoms. The highest BCUT2D eigenvalue weighted by molar-refractivity contribution is 7.14. The van der Waals surface area contributed by atoms with Gasteiger partial charge in [0.2, 0.25) is 0 Å². The maximum Gasteiger partial charge on any atom is 0.268 e. The number of hydrogen-bond donors (Lipinski definition) is 1. The number of amides is 1. The standard InChI is InChI=1S/C31H27N3O4S/c1-3-9-24-12-7-8-13-27(24)37-16-17-38-28-15-14-22(19-29(28)36-2)18-25(20-32)30(35)34-31-33-26(21-39-31)23-10-5-4-6-11-23/h3-8,10-15,18-19,21H,1,9,16-17H2,2H3,(H,33,34,35)/b25-18-. The van der Waals surface area contributed by atoms with Gasteiger partial charge in [0.05, 0.1) is 12.8 Å². The van der Waals surface area contributed by atoms with Gasteiger partial charge in [0.15, 0.2) is 16.6 Å². The van der Waals surface area contributed by atoms with Crippen molar-refractivity contribution < 1.29 is 19.0 Å². The Kier molecular flexibility index (Phi) is 9.48. The minimum atomic E-state index is -0.542.